The van der Waals surface area contributed by atoms with E-state index in [0.717, 1.165) is 36.4 Å². The molecule has 0 fully saturated rings. The zero-order valence-electron chi connectivity index (χ0n) is 18.5. The Morgan fingerprint density at radius 3 is 0.943 bits per heavy atom. The average Bonchev–Trinajstić information content (AvgIpc) is 2.79. The maximum Gasteiger partial charge on any atom is 0.416 e. The molecule has 188 valence electrons. The van der Waals surface area contributed by atoms with Gasteiger partial charge in [0.15, 0.2) is 0 Å². The fraction of sp³-hybridized carbons (Fsp3) is 0.280. The minimum atomic E-state index is -4.60. The monoisotopic (exact) mass is 503 g/mol. The number of unbranched alkanes of at least 4 members (excludes halogenated alkanes) is 1. The van der Waals surface area contributed by atoms with Crippen LogP contribution in [0.25, 0.3) is 0 Å². The lowest BCUT2D eigenvalue weighted by Crippen LogP contribution is -2.67. The van der Waals surface area contributed by atoms with Crippen molar-refractivity contribution >= 4 is 22.5 Å². The molecular weight excluding hydrogens is 482 g/mol. The average molecular weight is 503 g/mol. The zero-order valence-corrected chi connectivity index (χ0v) is 18.5. The van der Waals surface area contributed by atoms with Crippen molar-refractivity contribution in [2.75, 3.05) is 0 Å². The highest BCUT2D eigenvalue weighted by Gasteiger charge is 2.36. The SMILES string of the molecule is CCCC[B-](c1ccc(C(F)(F)F)cc1)(c1ccc(C(F)(F)F)cc1)c1ccc(C(F)(F)F)cc1. The molecule has 35 heavy (non-hydrogen) atoms. The van der Waals surface area contributed by atoms with Crippen molar-refractivity contribution < 1.29 is 39.5 Å². The summed E-state index contributed by atoms with van der Waals surface area (Å²) in [6.45, 7) is 1.87. The van der Waals surface area contributed by atoms with Crippen LogP contribution < -0.4 is 16.4 Å². The summed E-state index contributed by atoms with van der Waals surface area (Å²) in [5.41, 5.74) is -1.52. The highest BCUT2D eigenvalue weighted by Crippen LogP contribution is 2.31. The minimum Gasteiger partial charge on any atom is -0.200 e. The van der Waals surface area contributed by atoms with Crippen molar-refractivity contribution in [3.63, 3.8) is 0 Å². The Balaban J connectivity index is 2.27. The first-order chi connectivity index (χ1) is 16.2. The molecule has 0 aliphatic rings. The number of alkyl halides is 9. The van der Waals surface area contributed by atoms with Gasteiger partial charge in [0.05, 0.1) is 22.8 Å². The fourth-order valence-electron chi connectivity index (χ4n) is 4.59. The summed E-state index contributed by atoms with van der Waals surface area (Å²) >= 11 is 0. The van der Waals surface area contributed by atoms with Crippen molar-refractivity contribution in [3.8, 4) is 0 Å². The van der Waals surface area contributed by atoms with E-state index in [-0.39, 0.29) is 0 Å². The number of hydrogen-bond acceptors (Lipinski definition) is 0. The molecule has 0 aromatic heterocycles. The van der Waals surface area contributed by atoms with Gasteiger partial charge in [0.1, 0.15) is 0 Å². The quantitative estimate of drug-likeness (QED) is 0.251. The van der Waals surface area contributed by atoms with Crippen LogP contribution in [0.2, 0.25) is 6.32 Å². The van der Waals surface area contributed by atoms with Gasteiger partial charge < -0.3 is 0 Å². The first-order valence-corrected chi connectivity index (χ1v) is 10.9. The van der Waals surface area contributed by atoms with E-state index in [0.29, 0.717) is 35.6 Å². The van der Waals surface area contributed by atoms with Crippen LogP contribution in [0.4, 0.5) is 39.5 Å². The Morgan fingerprint density at radius 1 is 0.486 bits per heavy atom. The zero-order chi connectivity index (χ0) is 26.1. The Kier molecular flexibility index (Phi) is 7.34. The van der Waals surface area contributed by atoms with Crippen LogP contribution in [0.15, 0.2) is 72.8 Å². The molecule has 0 saturated carbocycles. The van der Waals surface area contributed by atoms with Crippen molar-refractivity contribution in [1.29, 1.82) is 0 Å². The summed E-state index contributed by atoms with van der Waals surface area (Å²) in [4.78, 5) is 0. The Labute approximate surface area is 196 Å². The predicted octanol–water partition coefficient (Wildman–Crippen LogP) is 7.01. The summed E-state index contributed by atoms with van der Waals surface area (Å²) in [6, 6.07) is 12.8. The molecule has 0 aliphatic carbocycles. The van der Waals surface area contributed by atoms with Gasteiger partial charge in [0, 0.05) is 0 Å². The molecule has 3 rings (SSSR count). The molecule has 0 aliphatic heterocycles. The molecule has 0 amide bonds. The molecule has 0 radical (unpaired) electrons. The lowest BCUT2D eigenvalue weighted by atomic mass is 9.14. The smallest absolute Gasteiger partial charge is 0.200 e. The summed E-state index contributed by atoms with van der Waals surface area (Å²) in [5, 5.41) is 0. The van der Waals surface area contributed by atoms with Crippen LogP contribution in [0, 0.1) is 0 Å². The molecule has 0 spiro atoms. The van der Waals surface area contributed by atoms with Crippen LogP contribution in [0.1, 0.15) is 36.5 Å². The third kappa shape index (κ3) is 5.68. The molecule has 0 nitrogen and oxygen atoms in total. The highest BCUT2D eigenvalue weighted by atomic mass is 19.4. The van der Waals surface area contributed by atoms with Crippen LogP contribution in [-0.2, 0) is 18.5 Å². The van der Waals surface area contributed by atoms with Gasteiger partial charge in [-0.25, -0.2) is 0 Å². The number of benzene rings is 3. The number of halogens is 9. The number of hydrogen-bond donors (Lipinski definition) is 0. The van der Waals surface area contributed by atoms with E-state index in [9.17, 15) is 39.5 Å². The molecule has 3 aromatic rings. The standard InChI is InChI=1S/C25H21BF9/c1-2-3-16-26(20-10-4-17(5-11-20)23(27,28)29,21-12-6-18(7-13-21)24(30,31)32)22-14-8-19(9-15-22)25(33,34)35/h4-15H,2-3,16H2,1H3/q-1. The Morgan fingerprint density at radius 2 is 0.743 bits per heavy atom. The maximum absolute atomic E-state index is 13.2. The van der Waals surface area contributed by atoms with E-state index >= 15 is 0 Å². The van der Waals surface area contributed by atoms with Gasteiger partial charge in [-0.2, -0.15) is 62.2 Å². The first-order valence-electron chi connectivity index (χ1n) is 10.9. The normalized spacial score (nSPS) is 13.2. The Hall–Kier alpha value is -2.91. The molecule has 0 atom stereocenters. The number of rotatable bonds is 6. The van der Waals surface area contributed by atoms with Gasteiger partial charge >= 0.3 is 18.5 Å². The summed E-state index contributed by atoms with van der Waals surface area (Å²) in [6.07, 6.45) is -14.4. The summed E-state index contributed by atoms with van der Waals surface area (Å²) in [7, 11) is 0. The third-order valence-electron chi connectivity index (χ3n) is 6.41. The third-order valence-corrected chi connectivity index (χ3v) is 6.41. The van der Waals surface area contributed by atoms with E-state index in [2.05, 4.69) is 0 Å². The lowest BCUT2D eigenvalue weighted by Gasteiger charge is -2.43. The second kappa shape index (κ2) is 9.62. The van der Waals surface area contributed by atoms with Crippen LogP contribution in [0.3, 0.4) is 0 Å². The van der Waals surface area contributed by atoms with Crippen LogP contribution >= 0.6 is 0 Å². The van der Waals surface area contributed by atoms with Crippen LogP contribution in [0.5, 0.6) is 0 Å². The van der Waals surface area contributed by atoms with Gasteiger partial charge in [-0.1, -0.05) is 92.6 Å². The topological polar surface area (TPSA) is 0 Å². The first kappa shape index (κ1) is 26.7. The lowest BCUT2D eigenvalue weighted by molar-refractivity contribution is -0.138. The van der Waals surface area contributed by atoms with Crippen molar-refractivity contribution in [1.82, 2.24) is 0 Å². The highest BCUT2D eigenvalue weighted by molar-refractivity contribution is 7.11. The second-order valence-corrected chi connectivity index (χ2v) is 8.55. The van der Waals surface area contributed by atoms with Gasteiger partial charge in [-0.3, -0.25) is 0 Å². The molecule has 10 heteroatoms. The van der Waals surface area contributed by atoms with Gasteiger partial charge in [0.25, 0.3) is 0 Å². The summed E-state index contributed by atoms with van der Waals surface area (Å²) in [5.74, 6) is 0. The summed E-state index contributed by atoms with van der Waals surface area (Å²) < 4.78 is 119. The predicted molar refractivity (Wildman–Crippen MR) is 119 cm³/mol. The molecule has 0 saturated heterocycles. The molecule has 0 bridgehead atoms. The van der Waals surface area contributed by atoms with Crippen molar-refractivity contribution in [3.05, 3.63) is 89.5 Å². The van der Waals surface area contributed by atoms with Crippen molar-refractivity contribution in [2.45, 2.75) is 44.6 Å². The molecule has 0 unspecified atom stereocenters. The van der Waals surface area contributed by atoms with E-state index in [1.54, 1.807) is 0 Å². The maximum atomic E-state index is 13.2. The van der Waals surface area contributed by atoms with Gasteiger partial charge in [0.2, 0.25) is 0 Å². The Bertz CT molecular complexity index is 969. The second-order valence-electron chi connectivity index (χ2n) is 8.55. The van der Waals surface area contributed by atoms with Gasteiger partial charge in [-0.05, 0) is 0 Å². The van der Waals surface area contributed by atoms with E-state index in [1.165, 1.54) is 36.4 Å². The molecule has 0 N–H and O–H groups in total. The van der Waals surface area contributed by atoms with Crippen molar-refractivity contribution in [2.24, 2.45) is 0 Å². The van der Waals surface area contributed by atoms with E-state index in [4.69, 9.17) is 0 Å². The molecular formula is C25H21BF9-. The minimum absolute atomic E-state index is 0.318. The van der Waals surface area contributed by atoms with E-state index in [1.807, 2.05) is 6.92 Å². The van der Waals surface area contributed by atoms with Crippen LogP contribution in [-0.4, -0.2) is 6.15 Å². The van der Waals surface area contributed by atoms with Gasteiger partial charge in [-0.15, -0.1) is 0 Å². The molecule has 3 aromatic carbocycles. The largest absolute Gasteiger partial charge is 0.416 e. The fourth-order valence-corrected chi connectivity index (χ4v) is 4.59. The molecule has 0 heterocycles. The van der Waals surface area contributed by atoms with E-state index < -0.39 is 41.4 Å².